The molecule has 0 atom stereocenters. The minimum Gasteiger partial charge on any atom is -0.491 e. The molecule has 1 fully saturated rings. The van der Waals surface area contributed by atoms with Gasteiger partial charge in [-0.25, -0.2) is 13.1 Å². The van der Waals surface area contributed by atoms with E-state index < -0.39 is 21.7 Å². The monoisotopic (exact) mass is 645 g/mol. The van der Waals surface area contributed by atoms with Crippen molar-refractivity contribution in [1.29, 1.82) is 0 Å². The second kappa shape index (κ2) is 11.9. The first-order chi connectivity index (χ1) is 19.4. The number of morpholine rings is 1. The van der Waals surface area contributed by atoms with Crippen LogP contribution in [0, 0.1) is 0 Å². The third kappa shape index (κ3) is 6.90. The lowest BCUT2D eigenvalue weighted by molar-refractivity contribution is -0.141. The minimum atomic E-state index is -4.69. The molecule has 218 valence electrons. The van der Waals surface area contributed by atoms with Crippen molar-refractivity contribution < 1.29 is 31.1 Å². The maximum absolute atomic E-state index is 13.6. The van der Waals surface area contributed by atoms with Gasteiger partial charge in [-0.05, 0) is 60.2 Å². The van der Waals surface area contributed by atoms with E-state index in [1.807, 2.05) is 0 Å². The molecule has 1 saturated heterocycles. The number of benzene rings is 2. The third-order valence-electron chi connectivity index (χ3n) is 6.39. The summed E-state index contributed by atoms with van der Waals surface area (Å²) in [6.07, 6.45) is -3.58. The Kier molecular flexibility index (Phi) is 8.70. The predicted molar refractivity (Wildman–Crippen MR) is 153 cm³/mol. The van der Waals surface area contributed by atoms with Crippen LogP contribution in [0.1, 0.15) is 5.69 Å². The van der Waals surface area contributed by atoms with Gasteiger partial charge in [0.15, 0.2) is 15.5 Å². The highest BCUT2D eigenvalue weighted by molar-refractivity contribution is 7.90. The fourth-order valence-corrected chi connectivity index (χ4v) is 6.54. The normalized spacial score (nSPS) is 14.9. The molecule has 3 heterocycles. The molecular weight excluding hydrogens is 622 g/mol. The first kappa shape index (κ1) is 29.9. The second-order valence-corrected chi connectivity index (χ2v) is 13.2. The maximum Gasteiger partial charge on any atom is 0.435 e. The molecule has 1 aliphatic heterocycles. The zero-order valence-electron chi connectivity index (χ0n) is 21.6. The molecule has 0 amide bonds. The summed E-state index contributed by atoms with van der Waals surface area (Å²) in [4.78, 5) is 3.31. The summed E-state index contributed by atoms with van der Waals surface area (Å²) in [7, 11) is -3.65. The van der Waals surface area contributed by atoms with Crippen molar-refractivity contribution in [3.63, 3.8) is 0 Å². The lowest BCUT2D eigenvalue weighted by Gasteiger charge is -2.26. The summed E-state index contributed by atoms with van der Waals surface area (Å²) < 4.78 is 78.5. The Hall–Kier alpha value is -2.61. The van der Waals surface area contributed by atoms with Gasteiger partial charge in [-0.1, -0.05) is 23.2 Å². The fraction of sp³-hybridized carbons (Fsp3) is 0.296. The van der Waals surface area contributed by atoms with Gasteiger partial charge in [0.1, 0.15) is 17.3 Å². The predicted octanol–water partition coefficient (Wildman–Crippen LogP) is 6.71. The van der Waals surface area contributed by atoms with Crippen molar-refractivity contribution >= 4 is 44.4 Å². The van der Waals surface area contributed by atoms with Crippen LogP contribution in [0.3, 0.4) is 0 Å². The Labute approximate surface area is 248 Å². The van der Waals surface area contributed by atoms with Gasteiger partial charge < -0.3 is 9.47 Å². The number of nitrogens with zero attached hydrogens (tertiary/aromatic N) is 3. The van der Waals surface area contributed by atoms with Gasteiger partial charge in [-0.2, -0.15) is 18.3 Å². The molecule has 0 saturated carbocycles. The van der Waals surface area contributed by atoms with Crippen molar-refractivity contribution in [3.05, 3.63) is 70.3 Å². The number of thiophene rings is 1. The number of hydrogen-bond donors (Lipinski definition) is 0. The van der Waals surface area contributed by atoms with E-state index >= 15 is 0 Å². The molecule has 7 nitrogen and oxygen atoms in total. The number of ether oxygens (including phenoxy) is 2. The van der Waals surface area contributed by atoms with Crippen LogP contribution in [0.5, 0.6) is 5.75 Å². The lowest BCUT2D eigenvalue weighted by atomic mass is 10.2. The Morgan fingerprint density at radius 3 is 2.46 bits per heavy atom. The molecule has 0 bridgehead atoms. The highest BCUT2D eigenvalue weighted by atomic mass is 35.5. The van der Waals surface area contributed by atoms with Crippen molar-refractivity contribution in [2.75, 3.05) is 45.7 Å². The summed E-state index contributed by atoms with van der Waals surface area (Å²) in [6.45, 7) is 3.81. The van der Waals surface area contributed by atoms with Crippen LogP contribution in [-0.2, 0) is 20.8 Å². The Morgan fingerprint density at radius 2 is 1.76 bits per heavy atom. The smallest absolute Gasteiger partial charge is 0.435 e. The zero-order chi connectivity index (χ0) is 29.4. The van der Waals surface area contributed by atoms with Crippen molar-refractivity contribution in [3.8, 4) is 32.4 Å². The van der Waals surface area contributed by atoms with Gasteiger partial charge in [0.2, 0.25) is 0 Å². The molecule has 0 radical (unpaired) electrons. The molecule has 0 spiro atoms. The van der Waals surface area contributed by atoms with Crippen molar-refractivity contribution in [2.45, 2.75) is 11.1 Å². The highest BCUT2D eigenvalue weighted by Crippen LogP contribution is 2.41. The van der Waals surface area contributed by atoms with Crippen LogP contribution in [0.4, 0.5) is 13.2 Å². The largest absolute Gasteiger partial charge is 0.491 e. The Morgan fingerprint density at radius 1 is 1.02 bits per heavy atom. The summed E-state index contributed by atoms with van der Waals surface area (Å²) in [5, 5.41) is 4.24. The average Bonchev–Trinajstić information content (AvgIpc) is 3.58. The van der Waals surface area contributed by atoms with Crippen LogP contribution < -0.4 is 4.74 Å². The topological polar surface area (TPSA) is 73.7 Å². The van der Waals surface area contributed by atoms with Crippen LogP contribution in [0.25, 0.3) is 26.7 Å². The van der Waals surface area contributed by atoms with E-state index in [0.717, 1.165) is 30.1 Å². The molecular formula is C27H24Cl2F3N3O4S2. The standard InChI is InChI=1S/C27H24Cl2F3N3O4S2/c1-41(36,37)25-14-17(2-5-22(25)39-13-10-34-8-11-38-12-9-34)23-6-7-24(40-23)21-16-26(27(30,31)32)33-35(21)20-15-18(28)3-4-19(20)29/h2-7,14-16H,8-13H2,1H3. The highest BCUT2D eigenvalue weighted by Gasteiger charge is 2.36. The fourth-order valence-electron chi connectivity index (χ4n) is 4.34. The van der Waals surface area contributed by atoms with Gasteiger partial charge in [0.25, 0.3) is 0 Å². The number of aromatic nitrogens is 2. The van der Waals surface area contributed by atoms with Crippen molar-refractivity contribution in [1.82, 2.24) is 14.7 Å². The number of halogens is 5. The van der Waals surface area contributed by atoms with E-state index in [9.17, 15) is 21.6 Å². The molecule has 2 aromatic carbocycles. The molecule has 0 N–H and O–H groups in total. The summed E-state index contributed by atoms with van der Waals surface area (Å²) in [5.74, 6) is 0.241. The second-order valence-electron chi connectivity index (χ2n) is 9.32. The molecule has 0 aliphatic carbocycles. The van der Waals surface area contributed by atoms with E-state index in [1.165, 1.54) is 35.6 Å². The molecule has 5 rings (SSSR count). The molecule has 1 aliphatic rings. The minimum absolute atomic E-state index is 0.0297. The van der Waals surface area contributed by atoms with E-state index in [0.29, 0.717) is 41.7 Å². The molecule has 14 heteroatoms. The van der Waals surface area contributed by atoms with E-state index in [-0.39, 0.29) is 32.1 Å². The van der Waals surface area contributed by atoms with Crippen LogP contribution >= 0.6 is 34.5 Å². The van der Waals surface area contributed by atoms with Gasteiger partial charge in [0, 0.05) is 35.8 Å². The summed E-state index contributed by atoms with van der Waals surface area (Å²) in [6, 6.07) is 13.6. The maximum atomic E-state index is 13.6. The molecule has 4 aromatic rings. The first-order valence-corrected chi connectivity index (χ1v) is 15.9. The van der Waals surface area contributed by atoms with Crippen LogP contribution in [0.15, 0.2) is 59.5 Å². The van der Waals surface area contributed by atoms with Crippen LogP contribution in [0.2, 0.25) is 10.0 Å². The summed E-state index contributed by atoms with van der Waals surface area (Å²) in [5.41, 5.74) is -0.164. The van der Waals surface area contributed by atoms with Crippen LogP contribution in [-0.4, -0.2) is 68.8 Å². The SMILES string of the molecule is CS(=O)(=O)c1cc(-c2ccc(-c3cc(C(F)(F)F)nn3-c3cc(Cl)ccc3Cl)s2)ccc1OCCN1CCOCC1. The quantitative estimate of drug-likeness (QED) is 0.212. The average molecular weight is 647 g/mol. The number of sulfone groups is 1. The molecule has 2 aromatic heterocycles. The number of rotatable bonds is 8. The first-order valence-electron chi connectivity index (χ1n) is 12.4. The molecule has 0 unspecified atom stereocenters. The van der Waals surface area contributed by atoms with Gasteiger partial charge in [0.05, 0.1) is 34.5 Å². The third-order valence-corrected chi connectivity index (χ3v) is 9.22. The number of alkyl halides is 3. The zero-order valence-corrected chi connectivity index (χ0v) is 24.8. The van der Waals surface area contributed by atoms with Gasteiger partial charge >= 0.3 is 6.18 Å². The molecule has 41 heavy (non-hydrogen) atoms. The van der Waals surface area contributed by atoms with Gasteiger partial charge in [-0.15, -0.1) is 11.3 Å². The lowest BCUT2D eigenvalue weighted by Crippen LogP contribution is -2.38. The van der Waals surface area contributed by atoms with E-state index in [1.54, 1.807) is 24.3 Å². The van der Waals surface area contributed by atoms with Crippen molar-refractivity contribution in [2.24, 2.45) is 0 Å². The van der Waals surface area contributed by atoms with E-state index in [4.69, 9.17) is 32.7 Å². The Bertz CT molecular complexity index is 1670. The Balaban J connectivity index is 1.47. The van der Waals surface area contributed by atoms with Gasteiger partial charge in [-0.3, -0.25) is 4.90 Å². The summed E-state index contributed by atoms with van der Waals surface area (Å²) >= 11 is 13.6. The number of hydrogen-bond acceptors (Lipinski definition) is 7. The van der Waals surface area contributed by atoms with E-state index in [2.05, 4.69) is 10.00 Å².